The molecule has 0 aromatic carbocycles. The van der Waals surface area contributed by atoms with Gasteiger partial charge >= 0.3 is 5.97 Å². The highest BCUT2D eigenvalue weighted by molar-refractivity contribution is 5.83. The predicted molar refractivity (Wildman–Crippen MR) is 106 cm³/mol. The lowest BCUT2D eigenvalue weighted by Gasteiger charge is -2.08. The second kappa shape index (κ2) is 18.4. The van der Waals surface area contributed by atoms with Gasteiger partial charge in [0.05, 0.1) is 12.5 Å². The SMILES string of the molecule is CCCCCCCCCCCCCC=CC(CC(=O)NCCO)C(=O)O. The zero-order valence-corrected chi connectivity index (χ0v) is 16.5. The number of carboxylic acid groups (broad SMARTS) is 1. The van der Waals surface area contributed by atoms with E-state index in [0.717, 1.165) is 12.8 Å². The van der Waals surface area contributed by atoms with Crippen molar-refractivity contribution in [1.82, 2.24) is 5.32 Å². The molecule has 0 saturated heterocycles. The van der Waals surface area contributed by atoms with Crippen LogP contribution < -0.4 is 5.32 Å². The molecule has 3 N–H and O–H groups in total. The number of allylic oxidation sites excluding steroid dienone is 1. The lowest BCUT2D eigenvalue weighted by Crippen LogP contribution is -2.29. The molecule has 0 radical (unpaired) electrons. The van der Waals surface area contributed by atoms with Crippen molar-refractivity contribution in [1.29, 1.82) is 0 Å². The van der Waals surface area contributed by atoms with E-state index in [0.29, 0.717) is 0 Å². The molecular formula is C21H39NO4. The Morgan fingerprint density at radius 2 is 1.46 bits per heavy atom. The van der Waals surface area contributed by atoms with Crippen molar-refractivity contribution in [2.45, 2.75) is 90.4 Å². The summed E-state index contributed by atoms with van der Waals surface area (Å²) >= 11 is 0. The van der Waals surface area contributed by atoms with E-state index in [1.807, 2.05) is 6.08 Å². The summed E-state index contributed by atoms with van der Waals surface area (Å²) in [5.41, 5.74) is 0. The highest BCUT2D eigenvalue weighted by atomic mass is 16.4. The Hall–Kier alpha value is -1.36. The van der Waals surface area contributed by atoms with Gasteiger partial charge in [-0.25, -0.2) is 0 Å². The molecule has 0 heterocycles. The minimum Gasteiger partial charge on any atom is -0.481 e. The van der Waals surface area contributed by atoms with Crippen LogP contribution in [-0.2, 0) is 9.59 Å². The summed E-state index contributed by atoms with van der Waals surface area (Å²) in [5.74, 6) is -2.12. The molecule has 0 aliphatic carbocycles. The van der Waals surface area contributed by atoms with E-state index < -0.39 is 11.9 Å². The Morgan fingerprint density at radius 3 is 1.96 bits per heavy atom. The minimum absolute atomic E-state index is 0.0793. The molecule has 5 nitrogen and oxygen atoms in total. The third-order valence-corrected chi connectivity index (χ3v) is 4.50. The van der Waals surface area contributed by atoms with Gasteiger partial charge in [0, 0.05) is 13.0 Å². The van der Waals surface area contributed by atoms with E-state index >= 15 is 0 Å². The smallest absolute Gasteiger partial charge is 0.310 e. The van der Waals surface area contributed by atoms with Gasteiger partial charge in [0.1, 0.15) is 0 Å². The molecule has 0 bridgehead atoms. The van der Waals surface area contributed by atoms with E-state index in [4.69, 9.17) is 10.2 Å². The van der Waals surface area contributed by atoms with Crippen molar-refractivity contribution in [2.75, 3.05) is 13.2 Å². The maximum Gasteiger partial charge on any atom is 0.310 e. The number of carboxylic acids is 1. The predicted octanol–water partition coefficient (Wildman–Crippen LogP) is 4.44. The molecule has 0 saturated carbocycles. The number of aliphatic hydroxyl groups is 1. The molecule has 152 valence electrons. The van der Waals surface area contributed by atoms with Gasteiger partial charge in [-0.1, -0.05) is 83.3 Å². The number of unbranched alkanes of at least 4 members (excludes halogenated alkanes) is 11. The molecular weight excluding hydrogens is 330 g/mol. The number of hydrogen-bond acceptors (Lipinski definition) is 3. The van der Waals surface area contributed by atoms with E-state index in [1.54, 1.807) is 6.08 Å². The van der Waals surface area contributed by atoms with Crippen molar-refractivity contribution >= 4 is 11.9 Å². The maximum atomic E-state index is 11.5. The largest absolute Gasteiger partial charge is 0.481 e. The van der Waals surface area contributed by atoms with E-state index in [2.05, 4.69) is 12.2 Å². The summed E-state index contributed by atoms with van der Waals surface area (Å²) in [6, 6.07) is 0. The van der Waals surface area contributed by atoms with Crippen LogP contribution >= 0.6 is 0 Å². The van der Waals surface area contributed by atoms with Crippen LogP contribution in [0.25, 0.3) is 0 Å². The molecule has 0 aromatic rings. The van der Waals surface area contributed by atoms with Crippen LogP contribution in [0.2, 0.25) is 0 Å². The number of hydrogen-bond donors (Lipinski definition) is 3. The molecule has 0 fully saturated rings. The number of carbonyl (C=O) groups is 2. The van der Waals surface area contributed by atoms with Crippen molar-refractivity contribution < 1.29 is 19.8 Å². The van der Waals surface area contributed by atoms with E-state index in [1.165, 1.54) is 64.2 Å². The van der Waals surface area contributed by atoms with Crippen LogP contribution in [0, 0.1) is 5.92 Å². The van der Waals surface area contributed by atoms with Gasteiger partial charge in [-0.15, -0.1) is 0 Å². The van der Waals surface area contributed by atoms with E-state index in [9.17, 15) is 9.59 Å². The monoisotopic (exact) mass is 369 g/mol. The van der Waals surface area contributed by atoms with Crippen LogP contribution in [0.5, 0.6) is 0 Å². The first kappa shape index (κ1) is 24.6. The van der Waals surface area contributed by atoms with Crippen LogP contribution in [0.3, 0.4) is 0 Å². The van der Waals surface area contributed by atoms with Gasteiger partial charge in [0.15, 0.2) is 0 Å². The quantitative estimate of drug-likeness (QED) is 0.246. The summed E-state index contributed by atoms with van der Waals surface area (Å²) < 4.78 is 0. The highest BCUT2D eigenvalue weighted by Crippen LogP contribution is 2.13. The summed E-state index contributed by atoms with van der Waals surface area (Å²) in [5, 5.41) is 20.3. The van der Waals surface area contributed by atoms with Gasteiger partial charge in [-0.3, -0.25) is 9.59 Å². The first-order valence-corrected chi connectivity index (χ1v) is 10.4. The van der Waals surface area contributed by atoms with Crippen molar-refractivity contribution in [3.05, 3.63) is 12.2 Å². The average Bonchev–Trinajstić information content (AvgIpc) is 2.62. The maximum absolute atomic E-state index is 11.5. The Labute approximate surface area is 159 Å². The van der Waals surface area contributed by atoms with Crippen molar-refractivity contribution in [3.8, 4) is 0 Å². The molecule has 1 unspecified atom stereocenters. The number of aliphatic hydroxyl groups excluding tert-OH is 1. The lowest BCUT2D eigenvalue weighted by atomic mass is 10.0. The third-order valence-electron chi connectivity index (χ3n) is 4.50. The summed E-state index contributed by atoms with van der Waals surface area (Å²) in [4.78, 5) is 22.7. The summed E-state index contributed by atoms with van der Waals surface area (Å²) in [6.45, 7) is 2.26. The Balaban J connectivity index is 3.64. The average molecular weight is 370 g/mol. The number of aliphatic carboxylic acids is 1. The number of carbonyl (C=O) groups excluding carboxylic acids is 1. The Morgan fingerprint density at radius 1 is 0.923 bits per heavy atom. The molecule has 0 aliphatic heterocycles. The molecule has 0 spiro atoms. The van der Waals surface area contributed by atoms with Crippen molar-refractivity contribution in [2.24, 2.45) is 5.92 Å². The standard InChI is InChI=1S/C21H39NO4/c1-2-3-4-5-6-7-8-9-10-11-12-13-14-15-19(21(25)26)18-20(24)22-16-17-23/h14-15,19,23H,2-13,16-18H2,1H3,(H,22,24)(H,25,26). The van der Waals surface area contributed by atoms with Crippen LogP contribution in [-0.4, -0.2) is 35.2 Å². The first-order valence-electron chi connectivity index (χ1n) is 10.4. The molecule has 0 rings (SSSR count). The zero-order chi connectivity index (χ0) is 19.5. The minimum atomic E-state index is -0.987. The van der Waals surface area contributed by atoms with Crippen molar-refractivity contribution in [3.63, 3.8) is 0 Å². The number of rotatable bonds is 18. The summed E-state index contributed by atoms with van der Waals surface area (Å²) in [7, 11) is 0. The zero-order valence-electron chi connectivity index (χ0n) is 16.5. The van der Waals surface area contributed by atoms with Crippen LogP contribution in [0.1, 0.15) is 90.4 Å². The molecule has 26 heavy (non-hydrogen) atoms. The normalized spacial score (nSPS) is 12.4. The topological polar surface area (TPSA) is 86.6 Å². The Bertz CT molecular complexity index is 382. The van der Waals surface area contributed by atoms with E-state index in [-0.39, 0.29) is 25.5 Å². The number of amides is 1. The van der Waals surface area contributed by atoms with Crippen LogP contribution in [0.15, 0.2) is 12.2 Å². The third kappa shape index (κ3) is 16.1. The fraction of sp³-hybridized carbons (Fsp3) is 0.810. The van der Waals surface area contributed by atoms with Gasteiger partial charge in [-0.2, -0.15) is 0 Å². The molecule has 5 heteroatoms. The fourth-order valence-electron chi connectivity index (χ4n) is 2.89. The van der Waals surface area contributed by atoms with Gasteiger partial charge in [0.2, 0.25) is 5.91 Å². The molecule has 1 amide bonds. The second-order valence-corrected chi connectivity index (χ2v) is 6.97. The lowest BCUT2D eigenvalue weighted by molar-refractivity contribution is -0.142. The fourth-order valence-corrected chi connectivity index (χ4v) is 2.89. The number of nitrogens with one attached hydrogen (secondary N) is 1. The summed E-state index contributed by atoms with van der Waals surface area (Å²) in [6.07, 6.45) is 18.5. The van der Waals surface area contributed by atoms with Gasteiger partial charge in [0.25, 0.3) is 0 Å². The highest BCUT2D eigenvalue weighted by Gasteiger charge is 2.17. The molecule has 0 aromatic heterocycles. The molecule has 1 atom stereocenters. The van der Waals surface area contributed by atoms with Gasteiger partial charge in [-0.05, 0) is 12.8 Å². The Kier molecular flexibility index (Phi) is 17.5. The first-order chi connectivity index (χ1) is 12.6. The second-order valence-electron chi connectivity index (χ2n) is 6.97. The van der Waals surface area contributed by atoms with Gasteiger partial charge < -0.3 is 15.5 Å². The van der Waals surface area contributed by atoms with Crippen LogP contribution in [0.4, 0.5) is 0 Å². The molecule has 0 aliphatic rings.